The second kappa shape index (κ2) is 7.81. The molecule has 5 nitrogen and oxygen atoms in total. The van der Waals surface area contributed by atoms with Gasteiger partial charge < -0.3 is 9.84 Å². The lowest BCUT2D eigenvalue weighted by Crippen LogP contribution is -2.40. The zero-order chi connectivity index (χ0) is 18.9. The number of allylic oxidation sites excluding steroid dienone is 1. The van der Waals surface area contributed by atoms with Gasteiger partial charge in [-0.15, -0.1) is 11.6 Å². The van der Waals surface area contributed by atoms with E-state index in [0.717, 1.165) is 50.5 Å². The number of halogens is 1. The van der Waals surface area contributed by atoms with Crippen LogP contribution in [0.1, 0.15) is 64.7 Å². The van der Waals surface area contributed by atoms with Gasteiger partial charge in [-0.25, -0.2) is 4.79 Å². The van der Waals surface area contributed by atoms with Gasteiger partial charge in [0.15, 0.2) is 11.6 Å². The summed E-state index contributed by atoms with van der Waals surface area (Å²) in [5.74, 6) is -1.05. The van der Waals surface area contributed by atoms with Crippen LogP contribution in [0.4, 0.5) is 0 Å². The quantitative estimate of drug-likeness (QED) is 0.679. The Kier molecular flexibility index (Phi) is 5.88. The van der Waals surface area contributed by atoms with Crippen LogP contribution in [0.3, 0.4) is 0 Å². The Labute approximate surface area is 159 Å². The van der Waals surface area contributed by atoms with Crippen molar-refractivity contribution in [3.63, 3.8) is 0 Å². The van der Waals surface area contributed by atoms with E-state index in [2.05, 4.69) is 6.92 Å². The summed E-state index contributed by atoms with van der Waals surface area (Å²) in [4.78, 5) is 36.8. The highest BCUT2D eigenvalue weighted by molar-refractivity contribution is 6.38. The topological polar surface area (TPSA) is 80.7 Å². The normalized spacial score (nSPS) is 32.4. The number of alkyl halides is 1. The molecule has 6 heteroatoms. The van der Waals surface area contributed by atoms with Gasteiger partial charge >= 0.3 is 5.97 Å². The molecule has 0 heterocycles. The molecule has 26 heavy (non-hydrogen) atoms. The first-order valence-corrected chi connectivity index (χ1v) is 10.1. The fourth-order valence-corrected chi connectivity index (χ4v) is 5.50. The van der Waals surface area contributed by atoms with E-state index in [1.54, 1.807) is 0 Å². The molecule has 0 saturated heterocycles. The Morgan fingerprint density at radius 2 is 2.00 bits per heavy atom. The summed E-state index contributed by atoms with van der Waals surface area (Å²) in [7, 11) is 0. The largest absolute Gasteiger partial charge is 0.480 e. The van der Waals surface area contributed by atoms with Gasteiger partial charge in [-0.3, -0.25) is 9.59 Å². The molecular formula is C20H27ClO5. The first-order chi connectivity index (χ1) is 12.4. The SMILES string of the molecule is CCCCC1(C2CCCC2)CC2=C(C1=O)C(Cl)C(=O)C(OCC(=O)O)C2. The van der Waals surface area contributed by atoms with E-state index in [-0.39, 0.29) is 11.6 Å². The van der Waals surface area contributed by atoms with Gasteiger partial charge in [-0.1, -0.05) is 38.2 Å². The maximum Gasteiger partial charge on any atom is 0.329 e. The number of Topliss-reactive ketones (excluding diaryl/α,β-unsaturated/α-hetero) is 2. The van der Waals surface area contributed by atoms with Crippen LogP contribution in [-0.4, -0.2) is 40.7 Å². The molecule has 3 rings (SSSR count). The van der Waals surface area contributed by atoms with Crippen LogP contribution in [0.2, 0.25) is 0 Å². The van der Waals surface area contributed by atoms with Crippen molar-refractivity contribution < 1.29 is 24.2 Å². The van der Waals surface area contributed by atoms with Crippen molar-refractivity contribution in [3.05, 3.63) is 11.1 Å². The van der Waals surface area contributed by atoms with E-state index in [1.165, 1.54) is 0 Å². The maximum atomic E-state index is 13.5. The Hall–Kier alpha value is -1.20. The number of hydrogen-bond donors (Lipinski definition) is 1. The fraction of sp³-hybridized carbons (Fsp3) is 0.750. The summed E-state index contributed by atoms with van der Waals surface area (Å²) in [6, 6.07) is 0. The van der Waals surface area contributed by atoms with E-state index < -0.39 is 29.5 Å². The smallest absolute Gasteiger partial charge is 0.329 e. The molecule has 0 aliphatic heterocycles. The zero-order valence-corrected chi connectivity index (χ0v) is 16.0. The van der Waals surface area contributed by atoms with Crippen LogP contribution in [0.15, 0.2) is 11.1 Å². The second-order valence-electron chi connectivity index (χ2n) is 7.93. The molecule has 1 fully saturated rings. The number of rotatable bonds is 7. The van der Waals surface area contributed by atoms with Crippen LogP contribution in [0, 0.1) is 11.3 Å². The molecule has 0 aromatic rings. The van der Waals surface area contributed by atoms with Gasteiger partial charge in [0.25, 0.3) is 0 Å². The number of carbonyl (C=O) groups excluding carboxylic acids is 2. The van der Waals surface area contributed by atoms with Gasteiger partial charge in [-0.2, -0.15) is 0 Å². The van der Waals surface area contributed by atoms with Crippen molar-refractivity contribution in [3.8, 4) is 0 Å². The molecule has 0 bridgehead atoms. The van der Waals surface area contributed by atoms with Crippen molar-refractivity contribution in [2.24, 2.45) is 11.3 Å². The summed E-state index contributed by atoms with van der Waals surface area (Å²) in [6.45, 7) is 1.60. The minimum Gasteiger partial charge on any atom is -0.480 e. The molecule has 0 amide bonds. The molecule has 144 valence electrons. The molecule has 0 aromatic carbocycles. The lowest BCUT2D eigenvalue weighted by molar-refractivity contribution is -0.147. The molecular weight excluding hydrogens is 356 g/mol. The number of unbranched alkanes of at least 4 members (excludes halogenated alkanes) is 1. The molecule has 0 aromatic heterocycles. The summed E-state index contributed by atoms with van der Waals surface area (Å²) in [5, 5.41) is 7.81. The molecule has 0 spiro atoms. The average Bonchev–Trinajstić information content (AvgIpc) is 3.23. The van der Waals surface area contributed by atoms with E-state index in [4.69, 9.17) is 21.4 Å². The van der Waals surface area contributed by atoms with E-state index in [1.807, 2.05) is 0 Å². The van der Waals surface area contributed by atoms with Gasteiger partial charge in [0.05, 0.1) is 0 Å². The highest BCUT2D eigenvalue weighted by atomic mass is 35.5. The van der Waals surface area contributed by atoms with Crippen molar-refractivity contribution in [2.75, 3.05) is 6.61 Å². The lowest BCUT2D eigenvalue weighted by atomic mass is 9.67. The Balaban J connectivity index is 1.86. The zero-order valence-electron chi connectivity index (χ0n) is 15.3. The number of carboxylic acids is 1. The second-order valence-corrected chi connectivity index (χ2v) is 8.36. The third-order valence-electron chi connectivity index (χ3n) is 6.38. The first kappa shape index (κ1) is 19.6. The third-order valence-corrected chi connectivity index (χ3v) is 6.81. The predicted octanol–water partition coefficient (Wildman–Crippen LogP) is 3.67. The van der Waals surface area contributed by atoms with Gasteiger partial charge in [0, 0.05) is 17.4 Å². The van der Waals surface area contributed by atoms with Crippen LogP contribution in [-0.2, 0) is 19.1 Å². The van der Waals surface area contributed by atoms with Crippen LogP contribution in [0.25, 0.3) is 0 Å². The molecule has 3 aliphatic rings. The number of hydrogen-bond acceptors (Lipinski definition) is 4. The van der Waals surface area contributed by atoms with Gasteiger partial charge in [0.2, 0.25) is 0 Å². The van der Waals surface area contributed by atoms with E-state index in [9.17, 15) is 14.4 Å². The Morgan fingerprint density at radius 1 is 1.31 bits per heavy atom. The van der Waals surface area contributed by atoms with Crippen LogP contribution in [0.5, 0.6) is 0 Å². The summed E-state index contributed by atoms with van der Waals surface area (Å²) >= 11 is 6.39. The number of ether oxygens (including phenoxy) is 1. The number of aliphatic carboxylic acids is 1. The molecule has 1 N–H and O–H groups in total. The van der Waals surface area contributed by atoms with Crippen molar-refractivity contribution in [2.45, 2.75) is 76.2 Å². The van der Waals surface area contributed by atoms with E-state index >= 15 is 0 Å². The van der Waals surface area contributed by atoms with Crippen molar-refractivity contribution >= 4 is 29.1 Å². The minimum absolute atomic E-state index is 0.0814. The van der Waals surface area contributed by atoms with Gasteiger partial charge in [-0.05, 0) is 31.6 Å². The Morgan fingerprint density at radius 3 is 2.62 bits per heavy atom. The molecule has 3 atom stereocenters. The minimum atomic E-state index is -1.12. The lowest BCUT2D eigenvalue weighted by Gasteiger charge is -2.35. The van der Waals surface area contributed by atoms with Crippen LogP contribution < -0.4 is 0 Å². The number of carbonyl (C=O) groups is 3. The summed E-state index contributed by atoms with van der Waals surface area (Å²) in [5.41, 5.74) is 1.01. The highest BCUT2D eigenvalue weighted by Gasteiger charge is 2.55. The van der Waals surface area contributed by atoms with Crippen LogP contribution >= 0.6 is 11.6 Å². The van der Waals surface area contributed by atoms with Gasteiger partial charge in [0.1, 0.15) is 18.1 Å². The monoisotopic (exact) mass is 382 g/mol. The third kappa shape index (κ3) is 3.36. The van der Waals surface area contributed by atoms with Crippen molar-refractivity contribution in [1.82, 2.24) is 0 Å². The molecule has 3 aliphatic carbocycles. The standard InChI is InChI=1S/C20H27ClO5/c1-2-3-8-20(13-6-4-5-7-13)10-12-9-14(26-11-15(22)23)18(24)17(21)16(12)19(20)25/h13-14,17H,2-11H2,1H3,(H,22,23). The number of ketones is 2. The molecule has 0 radical (unpaired) electrons. The number of carboxylic acid groups (broad SMARTS) is 1. The highest BCUT2D eigenvalue weighted by Crippen LogP contribution is 2.56. The van der Waals surface area contributed by atoms with E-state index in [0.29, 0.717) is 24.3 Å². The molecule has 1 saturated carbocycles. The summed E-state index contributed by atoms with van der Waals surface area (Å²) in [6.07, 6.45) is 7.42. The van der Waals surface area contributed by atoms with Crippen molar-refractivity contribution in [1.29, 1.82) is 0 Å². The summed E-state index contributed by atoms with van der Waals surface area (Å²) < 4.78 is 5.27. The maximum absolute atomic E-state index is 13.5. The predicted molar refractivity (Wildman–Crippen MR) is 97.2 cm³/mol. The fourth-order valence-electron chi connectivity index (χ4n) is 5.11. The first-order valence-electron chi connectivity index (χ1n) is 9.68. The Bertz CT molecular complexity index is 634. The average molecular weight is 383 g/mol. The molecule has 3 unspecified atom stereocenters.